The second-order valence-electron chi connectivity index (χ2n) is 2.40. The van der Waals surface area contributed by atoms with Gasteiger partial charge in [0.1, 0.15) is 5.07 Å². The third-order valence-corrected chi connectivity index (χ3v) is 4.42. The summed E-state index contributed by atoms with van der Waals surface area (Å²) in [6.07, 6.45) is 1.71. The summed E-state index contributed by atoms with van der Waals surface area (Å²) >= 11 is 3.12. The third kappa shape index (κ3) is 5.31. The van der Waals surface area contributed by atoms with Crippen LogP contribution in [0.15, 0.2) is 0 Å². The lowest BCUT2D eigenvalue weighted by atomic mass is 10.5. The smallest absolute Gasteiger partial charge is 0.308 e. The van der Waals surface area contributed by atoms with Crippen LogP contribution in [0.5, 0.6) is 0 Å². The highest BCUT2D eigenvalue weighted by molar-refractivity contribution is 9.10. The van der Waals surface area contributed by atoms with Crippen molar-refractivity contribution in [2.24, 2.45) is 0 Å². The van der Waals surface area contributed by atoms with Crippen LogP contribution in [0.1, 0.15) is 26.7 Å². The maximum atomic E-state index is 11.6. The Morgan fingerprint density at radius 1 is 1.17 bits per heavy atom. The molecular formula is C7H16BrO3P. The van der Waals surface area contributed by atoms with Crippen molar-refractivity contribution >= 4 is 23.5 Å². The molecule has 3 nitrogen and oxygen atoms in total. The molecule has 0 fully saturated rings. The van der Waals surface area contributed by atoms with Gasteiger partial charge in [-0.1, -0.05) is 29.8 Å². The van der Waals surface area contributed by atoms with Gasteiger partial charge in [-0.05, 0) is 12.8 Å². The molecule has 0 aliphatic carbocycles. The second-order valence-corrected chi connectivity index (χ2v) is 5.88. The fourth-order valence-electron chi connectivity index (χ4n) is 0.567. The molecule has 5 heteroatoms. The zero-order valence-corrected chi connectivity index (χ0v) is 10.1. The van der Waals surface area contributed by atoms with E-state index in [0.717, 1.165) is 12.8 Å². The fraction of sp³-hybridized carbons (Fsp3) is 1.00. The maximum absolute atomic E-state index is 11.6. The molecule has 0 aromatic heterocycles. The summed E-state index contributed by atoms with van der Waals surface area (Å²) in [6.45, 7) is 4.93. The standard InChI is InChI=1S/C7H16BrO3P/c1-3-5-10-12(9,7-8)11-6-4-2/h3-7H2,1-2H3. The molecule has 0 saturated heterocycles. The summed E-state index contributed by atoms with van der Waals surface area (Å²) in [5.41, 5.74) is 0. The maximum Gasteiger partial charge on any atom is 0.341 e. The summed E-state index contributed by atoms with van der Waals surface area (Å²) in [5.74, 6) is 0. The summed E-state index contributed by atoms with van der Waals surface area (Å²) in [7, 11) is -2.82. The van der Waals surface area contributed by atoms with E-state index in [1.54, 1.807) is 0 Å². The summed E-state index contributed by atoms with van der Waals surface area (Å²) < 4.78 is 21.8. The quantitative estimate of drug-likeness (QED) is 0.519. The fourth-order valence-corrected chi connectivity index (χ4v) is 2.57. The van der Waals surface area contributed by atoms with Crippen molar-refractivity contribution in [1.29, 1.82) is 0 Å². The Bertz CT molecular complexity index is 140. The van der Waals surface area contributed by atoms with Crippen molar-refractivity contribution in [3.05, 3.63) is 0 Å². The highest BCUT2D eigenvalue weighted by Crippen LogP contribution is 2.49. The van der Waals surface area contributed by atoms with Gasteiger partial charge in [0.05, 0.1) is 13.2 Å². The molecule has 0 saturated carbocycles. The zero-order valence-electron chi connectivity index (χ0n) is 7.59. The lowest BCUT2D eigenvalue weighted by Crippen LogP contribution is -1.98. The Labute approximate surface area is 82.5 Å². The summed E-state index contributed by atoms with van der Waals surface area (Å²) in [5, 5.41) is 0.278. The lowest BCUT2D eigenvalue weighted by Gasteiger charge is -2.14. The predicted octanol–water partition coefficient (Wildman–Crippen LogP) is 3.39. The van der Waals surface area contributed by atoms with Crippen molar-refractivity contribution in [1.82, 2.24) is 0 Å². The van der Waals surface area contributed by atoms with Gasteiger partial charge in [0.2, 0.25) is 0 Å². The Kier molecular flexibility index (Phi) is 7.45. The molecule has 0 aromatic carbocycles. The van der Waals surface area contributed by atoms with Crippen LogP contribution in [-0.4, -0.2) is 18.3 Å². The number of rotatable bonds is 7. The summed E-state index contributed by atoms with van der Waals surface area (Å²) in [4.78, 5) is 0. The second kappa shape index (κ2) is 7.07. The molecular weight excluding hydrogens is 243 g/mol. The first-order valence-electron chi connectivity index (χ1n) is 4.12. The minimum Gasteiger partial charge on any atom is -0.308 e. The van der Waals surface area contributed by atoms with Crippen LogP contribution in [0.25, 0.3) is 0 Å². The molecule has 0 aliphatic heterocycles. The Balaban J connectivity index is 3.79. The predicted molar refractivity (Wildman–Crippen MR) is 53.9 cm³/mol. The largest absolute Gasteiger partial charge is 0.341 e. The molecule has 0 aliphatic rings. The van der Waals surface area contributed by atoms with Gasteiger partial charge in [0, 0.05) is 0 Å². The van der Waals surface area contributed by atoms with Gasteiger partial charge < -0.3 is 9.05 Å². The van der Waals surface area contributed by atoms with Gasteiger partial charge in [-0.25, -0.2) is 0 Å². The first-order valence-corrected chi connectivity index (χ1v) is 6.97. The van der Waals surface area contributed by atoms with E-state index in [1.807, 2.05) is 13.8 Å². The van der Waals surface area contributed by atoms with Crippen molar-refractivity contribution in [2.75, 3.05) is 18.3 Å². The molecule has 0 radical (unpaired) electrons. The van der Waals surface area contributed by atoms with Crippen molar-refractivity contribution in [2.45, 2.75) is 26.7 Å². The van der Waals surface area contributed by atoms with E-state index in [1.165, 1.54) is 0 Å². The van der Waals surface area contributed by atoms with Crippen LogP contribution in [0.3, 0.4) is 0 Å². The summed E-state index contributed by atoms with van der Waals surface area (Å²) in [6, 6.07) is 0. The first kappa shape index (κ1) is 12.6. The Morgan fingerprint density at radius 3 is 1.83 bits per heavy atom. The van der Waals surface area contributed by atoms with Crippen molar-refractivity contribution < 1.29 is 13.6 Å². The molecule has 0 amide bonds. The van der Waals surface area contributed by atoms with Crippen LogP contribution >= 0.6 is 23.5 Å². The van der Waals surface area contributed by atoms with E-state index < -0.39 is 7.60 Å². The number of alkyl halides is 1. The molecule has 74 valence electrons. The minimum atomic E-state index is -2.82. The van der Waals surface area contributed by atoms with E-state index in [-0.39, 0.29) is 5.07 Å². The minimum absolute atomic E-state index is 0.278. The van der Waals surface area contributed by atoms with E-state index >= 15 is 0 Å². The van der Waals surface area contributed by atoms with Crippen molar-refractivity contribution in [3.63, 3.8) is 0 Å². The molecule has 12 heavy (non-hydrogen) atoms. The Morgan fingerprint density at radius 2 is 1.58 bits per heavy atom. The van der Waals surface area contributed by atoms with E-state index in [9.17, 15) is 4.57 Å². The topological polar surface area (TPSA) is 35.5 Å². The number of hydrogen-bond acceptors (Lipinski definition) is 3. The molecule has 0 N–H and O–H groups in total. The van der Waals surface area contributed by atoms with Crippen LogP contribution in [-0.2, 0) is 13.6 Å². The van der Waals surface area contributed by atoms with Crippen LogP contribution < -0.4 is 0 Å². The first-order chi connectivity index (χ1) is 5.68. The average Bonchev–Trinajstić information content (AvgIpc) is 2.11. The Hall–Kier alpha value is 0.630. The van der Waals surface area contributed by atoms with Crippen molar-refractivity contribution in [3.8, 4) is 0 Å². The van der Waals surface area contributed by atoms with Crippen LogP contribution in [0.4, 0.5) is 0 Å². The van der Waals surface area contributed by atoms with Gasteiger partial charge in [-0.3, -0.25) is 4.57 Å². The molecule has 0 atom stereocenters. The number of halogens is 1. The van der Waals surface area contributed by atoms with Gasteiger partial charge in [0.15, 0.2) is 0 Å². The monoisotopic (exact) mass is 258 g/mol. The van der Waals surface area contributed by atoms with Crippen LogP contribution in [0.2, 0.25) is 0 Å². The molecule has 0 aromatic rings. The molecule has 0 spiro atoms. The highest BCUT2D eigenvalue weighted by Gasteiger charge is 2.21. The average molecular weight is 259 g/mol. The SMILES string of the molecule is CCCOP(=O)(CBr)OCCC. The van der Waals surface area contributed by atoms with Gasteiger partial charge in [0.25, 0.3) is 0 Å². The number of hydrogen-bond donors (Lipinski definition) is 0. The van der Waals surface area contributed by atoms with E-state index in [0.29, 0.717) is 13.2 Å². The highest BCUT2D eigenvalue weighted by atomic mass is 79.9. The van der Waals surface area contributed by atoms with Crippen LogP contribution in [0, 0.1) is 0 Å². The van der Waals surface area contributed by atoms with E-state index in [4.69, 9.17) is 9.05 Å². The lowest BCUT2D eigenvalue weighted by molar-refractivity contribution is 0.208. The van der Waals surface area contributed by atoms with Gasteiger partial charge >= 0.3 is 7.60 Å². The molecule has 0 bridgehead atoms. The van der Waals surface area contributed by atoms with Gasteiger partial charge in [-0.15, -0.1) is 0 Å². The molecule has 0 unspecified atom stereocenters. The zero-order chi connectivity index (χ0) is 9.45. The van der Waals surface area contributed by atoms with Gasteiger partial charge in [-0.2, -0.15) is 0 Å². The molecule has 0 heterocycles. The van der Waals surface area contributed by atoms with E-state index in [2.05, 4.69) is 15.9 Å². The molecule has 0 rings (SSSR count). The third-order valence-electron chi connectivity index (χ3n) is 1.13. The normalized spacial score (nSPS) is 11.9.